The molecule has 0 spiro atoms. The van der Waals surface area contributed by atoms with Crippen molar-refractivity contribution < 1.29 is 9.53 Å². The van der Waals surface area contributed by atoms with Gasteiger partial charge in [-0.3, -0.25) is 9.48 Å². The van der Waals surface area contributed by atoms with Gasteiger partial charge in [-0.2, -0.15) is 10.4 Å². The highest BCUT2D eigenvalue weighted by molar-refractivity contribution is 5.94. The van der Waals surface area contributed by atoms with Gasteiger partial charge in [0.25, 0.3) is 5.91 Å². The van der Waals surface area contributed by atoms with Gasteiger partial charge in [0.05, 0.1) is 29.5 Å². The number of aromatic nitrogens is 2. The molecule has 1 aromatic carbocycles. The van der Waals surface area contributed by atoms with Crippen LogP contribution in [0.4, 0.5) is 0 Å². The molecule has 2 aromatic rings. The highest BCUT2D eigenvalue weighted by atomic mass is 16.5. The van der Waals surface area contributed by atoms with Gasteiger partial charge in [0.15, 0.2) is 5.69 Å². The first kappa shape index (κ1) is 18.2. The average Bonchev–Trinajstić information content (AvgIpc) is 2.99. The number of nitriles is 1. The maximum absolute atomic E-state index is 13.1. The Morgan fingerprint density at radius 3 is 2.92 bits per heavy atom. The largest absolute Gasteiger partial charge is 0.369 e. The van der Waals surface area contributed by atoms with Crippen LogP contribution >= 0.6 is 0 Å². The number of hydrogen-bond donors (Lipinski definition) is 0. The second kappa shape index (κ2) is 7.30. The predicted octanol–water partition coefficient (Wildman–Crippen LogP) is 3.07. The van der Waals surface area contributed by atoms with Crippen molar-refractivity contribution in [2.75, 3.05) is 7.05 Å². The molecule has 3 rings (SSSR count). The molecule has 0 saturated heterocycles. The molecule has 1 aliphatic heterocycles. The molecule has 1 amide bonds. The summed E-state index contributed by atoms with van der Waals surface area (Å²) < 4.78 is 7.79. The number of amides is 1. The smallest absolute Gasteiger partial charge is 0.274 e. The summed E-state index contributed by atoms with van der Waals surface area (Å²) in [7, 11) is 1.77. The van der Waals surface area contributed by atoms with Gasteiger partial charge in [0.1, 0.15) is 0 Å². The van der Waals surface area contributed by atoms with E-state index in [1.807, 2.05) is 43.7 Å². The molecule has 136 valence electrons. The van der Waals surface area contributed by atoms with Crippen molar-refractivity contribution in [2.24, 2.45) is 0 Å². The Balaban J connectivity index is 1.89. The van der Waals surface area contributed by atoms with E-state index >= 15 is 0 Å². The van der Waals surface area contributed by atoms with E-state index in [0.717, 1.165) is 16.8 Å². The molecule has 0 fully saturated rings. The van der Waals surface area contributed by atoms with Crippen LogP contribution in [-0.4, -0.2) is 33.7 Å². The minimum atomic E-state index is -0.0999. The second-order valence-electron chi connectivity index (χ2n) is 6.79. The van der Waals surface area contributed by atoms with Gasteiger partial charge in [0.2, 0.25) is 0 Å². The number of hydrogen-bond acceptors (Lipinski definition) is 4. The molecule has 0 saturated carbocycles. The number of aryl methyl sites for hydroxylation is 1. The SMILES string of the molecule is CCn1nc(C(=O)N(C)Cc2cccc(C#N)c2)c2c1[C@H](C)O[C@H](C)C2. The lowest BCUT2D eigenvalue weighted by molar-refractivity contribution is -0.00951. The third-order valence-corrected chi connectivity index (χ3v) is 4.73. The Morgan fingerprint density at radius 1 is 1.46 bits per heavy atom. The third kappa shape index (κ3) is 3.35. The van der Waals surface area contributed by atoms with Gasteiger partial charge in [0, 0.05) is 32.1 Å². The third-order valence-electron chi connectivity index (χ3n) is 4.73. The van der Waals surface area contributed by atoms with Gasteiger partial charge >= 0.3 is 0 Å². The van der Waals surface area contributed by atoms with E-state index in [1.54, 1.807) is 18.0 Å². The zero-order valence-corrected chi connectivity index (χ0v) is 15.7. The van der Waals surface area contributed by atoms with Gasteiger partial charge in [-0.15, -0.1) is 0 Å². The Kier molecular flexibility index (Phi) is 5.10. The molecule has 1 aromatic heterocycles. The van der Waals surface area contributed by atoms with Gasteiger partial charge in [-0.05, 0) is 38.5 Å². The van der Waals surface area contributed by atoms with Crippen molar-refractivity contribution >= 4 is 5.91 Å². The lowest BCUT2D eigenvalue weighted by Crippen LogP contribution is -2.29. The molecule has 6 heteroatoms. The molecule has 0 bridgehead atoms. The molecule has 0 N–H and O–H groups in total. The Bertz CT molecular complexity index is 865. The van der Waals surface area contributed by atoms with Gasteiger partial charge in [-0.1, -0.05) is 12.1 Å². The maximum atomic E-state index is 13.1. The number of rotatable bonds is 4. The van der Waals surface area contributed by atoms with Crippen LogP contribution in [0, 0.1) is 11.3 Å². The topological polar surface area (TPSA) is 71.2 Å². The Morgan fingerprint density at radius 2 is 2.23 bits per heavy atom. The van der Waals surface area contributed by atoms with Crippen LogP contribution in [0.1, 0.15) is 59.7 Å². The average molecular weight is 352 g/mol. The number of carbonyl (C=O) groups excluding carboxylic acids is 1. The first-order chi connectivity index (χ1) is 12.4. The molecular weight excluding hydrogens is 328 g/mol. The number of fused-ring (bicyclic) bond motifs is 1. The van der Waals surface area contributed by atoms with Crippen LogP contribution in [-0.2, 0) is 24.2 Å². The summed E-state index contributed by atoms with van der Waals surface area (Å²) in [5, 5.41) is 13.6. The fourth-order valence-electron chi connectivity index (χ4n) is 3.60. The Labute approximate surface area is 154 Å². The summed E-state index contributed by atoms with van der Waals surface area (Å²) >= 11 is 0. The molecule has 0 aliphatic carbocycles. The first-order valence-electron chi connectivity index (χ1n) is 8.94. The van der Waals surface area contributed by atoms with E-state index in [0.29, 0.717) is 30.8 Å². The van der Waals surface area contributed by atoms with E-state index in [2.05, 4.69) is 11.2 Å². The summed E-state index contributed by atoms with van der Waals surface area (Å²) in [6, 6.07) is 9.45. The van der Waals surface area contributed by atoms with Crippen LogP contribution in [0.15, 0.2) is 24.3 Å². The van der Waals surface area contributed by atoms with Crippen molar-refractivity contribution in [3.63, 3.8) is 0 Å². The molecule has 2 heterocycles. The van der Waals surface area contributed by atoms with E-state index in [4.69, 9.17) is 10.00 Å². The van der Waals surface area contributed by atoms with Gasteiger partial charge in [-0.25, -0.2) is 0 Å². The summed E-state index contributed by atoms with van der Waals surface area (Å²) in [5.41, 5.74) is 4.04. The predicted molar refractivity (Wildman–Crippen MR) is 97.5 cm³/mol. The normalized spacial score (nSPS) is 18.9. The van der Waals surface area contributed by atoms with Gasteiger partial charge < -0.3 is 9.64 Å². The van der Waals surface area contributed by atoms with Crippen molar-refractivity contribution in [1.29, 1.82) is 5.26 Å². The maximum Gasteiger partial charge on any atom is 0.274 e. The summed E-state index contributed by atoms with van der Waals surface area (Å²) in [4.78, 5) is 14.7. The fraction of sp³-hybridized carbons (Fsp3) is 0.450. The number of nitrogens with zero attached hydrogens (tertiary/aromatic N) is 4. The van der Waals surface area contributed by atoms with Crippen LogP contribution in [0.3, 0.4) is 0 Å². The molecule has 0 radical (unpaired) electrons. The summed E-state index contributed by atoms with van der Waals surface area (Å²) in [5.74, 6) is -0.0999. The number of benzene rings is 1. The quantitative estimate of drug-likeness (QED) is 0.848. The molecule has 1 aliphatic rings. The zero-order chi connectivity index (χ0) is 18.8. The van der Waals surface area contributed by atoms with E-state index < -0.39 is 0 Å². The molecular formula is C20H24N4O2. The van der Waals surface area contributed by atoms with Crippen molar-refractivity contribution in [3.8, 4) is 6.07 Å². The molecule has 0 unspecified atom stereocenters. The number of ether oxygens (including phenoxy) is 1. The summed E-state index contributed by atoms with van der Waals surface area (Å²) in [6.45, 7) is 7.18. The minimum Gasteiger partial charge on any atom is -0.369 e. The van der Waals surface area contributed by atoms with E-state index in [-0.39, 0.29) is 18.1 Å². The summed E-state index contributed by atoms with van der Waals surface area (Å²) in [6.07, 6.45) is 0.690. The minimum absolute atomic E-state index is 0.0659. The Hall–Kier alpha value is -2.65. The highest BCUT2D eigenvalue weighted by Gasteiger charge is 2.32. The van der Waals surface area contributed by atoms with Crippen LogP contribution in [0.25, 0.3) is 0 Å². The second-order valence-corrected chi connectivity index (χ2v) is 6.79. The molecule has 6 nitrogen and oxygen atoms in total. The molecule has 2 atom stereocenters. The fourth-order valence-corrected chi connectivity index (χ4v) is 3.60. The lowest BCUT2D eigenvalue weighted by atomic mass is 9.99. The van der Waals surface area contributed by atoms with E-state index in [9.17, 15) is 4.79 Å². The van der Waals surface area contributed by atoms with Crippen LogP contribution < -0.4 is 0 Å². The van der Waals surface area contributed by atoms with Crippen molar-refractivity contribution in [1.82, 2.24) is 14.7 Å². The van der Waals surface area contributed by atoms with Crippen LogP contribution in [0.2, 0.25) is 0 Å². The van der Waals surface area contributed by atoms with Crippen LogP contribution in [0.5, 0.6) is 0 Å². The first-order valence-corrected chi connectivity index (χ1v) is 8.94. The van der Waals surface area contributed by atoms with E-state index in [1.165, 1.54) is 0 Å². The lowest BCUT2D eigenvalue weighted by Gasteiger charge is -2.27. The highest BCUT2D eigenvalue weighted by Crippen LogP contribution is 2.32. The standard InChI is InChI=1S/C20H24N4O2/c1-5-24-19-14(3)26-13(2)9-17(19)18(22-24)20(25)23(4)12-16-8-6-7-15(10-16)11-21/h6-8,10,13-14H,5,9,12H2,1-4H3/t13-,14+/m1/s1. The van der Waals surface area contributed by atoms with Crippen molar-refractivity contribution in [2.45, 2.75) is 52.5 Å². The van der Waals surface area contributed by atoms with Crippen molar-refractivity contribution in [3.05, 3.63) is 52.3 Å². The number of carbonyl (C=O) groups is 1. The monoisotopic (exact) mass is 352 g/mol. The molecule has 26 heavy (non-hydrogen) atoms. The zero-order valence-electron chi connectivity index (χ0n) is 15.7.